The second-order valence-corrected chi connectivity index (χ2v) is 4.39. The molecule has 88 valence electrons. The minimum Gasteiger partial charge on any atom is -0.457 e. The molecule has 17 heavy (non-hydrogen) atoms. The van der Waals surface area contributed by atoms with Crippen molar-refractivity contribution in [2.45, 2.75) is 20.8 Å². The van der Waals surface area contributed by atoms with Gasteiger partial charge in [0.2, 0.25) is 0 Å². The van der Waals surface area contributed by atoms with E-state index in [1.807, 2.05) is 57.2 Å². The first-order valence-electron chi connectivity index (χ1n) is 5.67. The molecule has 0 aliphatic heterocycles. The Morgan fingerprint density at radius 2 is 1.53 bits per heavy atom. The van der Waals surface area contributed by atoms with E-state index in [2.05, 4.69) is 0 Å². The van der Waals surface area contributed by atoms with Gasteiger partial charge in [-0.1, -0.05) is 12.1 Å². The van der Waals surface area contributed by atoms with Crippen LogP contribution in [0.1, 0.15) is 16.7 Å². The highest BCUT2D eigenvalue weighted by molar-refractivity contribution is 5.56. The smallest absolute Gasteiger partial charge is 0.128 e. The van der Waals surface area contributed by atoms with E-state index in [1.54, 1.807) is 0 Å². The van der Waals surface area contributed by atoms with Crippen LogP contribution in [0.15, 0.2) is 36.4 Å². The van der Waals surface area contributed by atoms with Crippen molar-refractivity contribution >= 4 is 5.69 Å². The summed E-state index contributed by atoms with van der Waals surface area (Å²) in [5.74, 6) is 1.69. The minimum atomic E-state index is 0.833. The Morgan fingerprint density at radius 1 is 0.882 bits per heavy atom. The fourth-order valence-corrected chi connectivity index (χ4v) is 1.81. The zero-order valence-corrected chi connectivity index (χ0v) is 10.4. The molecule has 0 atom stereocenters. The number of hydrogen-bond acceptors (Lipinski definition) is 2. The molecule has 2 nitrogen and oxygen atoms in total. The van der Waals surface area contributed by atoms with Crippen molar-refractivity contribution in [1.82, 2.24) is 0 Å². The molecule has 2 aromatic rings. The molecule has 2 N–H and O–H groups in total. The van der Waals surface area contributed by atoms with Crippen molar-refractivity contribution in [1.29, 1.82) is 0 Å². The Bertz CT molecular complexity index is 523. The zero-order chi connectivity index (χ0) is 12.4. The molecule has 0 radical (unpaired) electrons. The fraction of sp³-hybridized carbons (Fsp3) is 0.200. The van der Waals surface area contributed by atoms with Crippen LogP contribution in [0.25, 0.3) is 0 Å². The molecule has 0 spiro atoms. The second kappa shape index (κ2) is 4.50. The van der Waals surface area contributed by atoms with E-state index in [0.29, 0.717) is 0 Å². The number of rotatable bonds is 2. The highest BCUT2D eigenvalue weighted by Gasteiger charge is 2.03. The van der Waals surface area contributed by atoms with Gasteiger partial charge in [-0.3, -0.25) is 0 Å². The number of aryl methyl sites for hydroxylation is 3. The first-order valence-corrected chi connectivity index (χ1v) is 5.67. The van der Waals surface area contributed by atoms with Crippen molar-refractivity contribution in [3.63, 3.8) is 0 Å². The maximum atomic E-state index is 5.91. The van der Waals surface area contributed by atoms with Crippen molar-refractivity contribution in [2.24, 2.45) is 0 Å². The summed E-state index contributed by atoms with van der Waals surface area (Å²) < 4.78 is 5.82. The Labute approximate surface area is 102 Å². The monoisotopic (exact) mass is 227 g/mol. The molecule has 0 fully saturated rings. The number of ether oxygens (including phenoxy) is 1. The molecular weight excluding hydrogens is 210 g/mol. The Hall–Kier alpha value is -1.96. The molecule has 0 saturated carbocycles. The van der Waals surface area contributed by atoms with E-state index in [0.717, 1.165) is 28.3 Å². The Kier molecular flexibility index (Phi) is 3.05. The van der Waals surface area contributed by atoms with Gasteiger partial charge in [-0.2, -0.15) is 0 Å². The van der Waals surface area contributed by atoms with E-state index in [4.69, 9.17) is 10.5 Å². The van der Waals surface area contributed by atoms with Crippen LogP contribution < -0.4 is 10.5 Å². The largest absolute Gasteiger partial charge is 0.457 e. The van der Waals surface area contributed by atoms with Gasteiger partial charge in [0.05, 0.1) is 0 Å². The lowest BCUT2D eigenvalue weighted by Crippen LogP contribution is -1.95. The third-order valence-electron chi connectivity index (χ3n) is 2.79. The number of hydrogen-bond donors (Lipinski definition) is 1. The fourth-order valence-electron chi connectivity index (χ4n) is 1.81. The number of anilines is 1. The second-order valence-electron chi connectivity index (χ2n) is 4.39. The molecule has 2 rings (SSSR count). The van der Waals surface area contributed by atoms with Gasteiger partial charge in [0.15, 0.2) is 0 Å². The molecule has 0 aliphatic carbocycles. The van der Waals surface area contributed by atoms with Crippen molar-refractivity contribution in [2.75, 3.05) is 5.73 Å². The molecule has 0 unspecified atom stereocenters. The van der Waals surface area contributed by atoms with Crippen LogP contribution in [0, 0.1) is 20.8 Å². The maximum Gasteiger partial charge on any atom is 0.128 e. The highest BCUT2D eigenvalue weighted by Crippen LogP contribution is 2.27. The Balaban J connectivity index is 2.31. The van der Waals surface area contributed by atoms with Crippen LogP contribution in [0.4, 0.5) is 5.69 Å². The average molecular weight is 227 g/mol. The van der Waals surface area contributed by atoms with Crippen LogP contribution in [0.5, 0.6) is 11.5 Å². The lowest BCUT2D eigenvalue weighted by atomic mass is 10.1. The third kappa shape index (κ3) is 2.59. The molecule has 0 saturated heterocycles. The van der Waals surface area contributed by atoms with Crippen molar-refractivity contribution in [3.05, 3.63) is 53.1 Å². The quantitative estimate of drug-likeness (QED) is 0.787. The molecule has 0 aromatic heterocycles. The molecule has 0 aliphatic rings. The van der Waals surface area contributed by atoms with Gasteiger partial charge in [-0.25, -0.2) is 0 Å². The Morgan fingerprint density at radius 3 is 2.12 bits per heavy atom. The first-order chi connectivity index (χ1) is 8.06. The van der Waals surface area contributed by atoms with Gasteiger partial charge < -0.3 is 10.5 Å². The number of nitrogen functional groups attached to an aromatic ring is 1. The summed E-state index contributed by atoms with van der Waals surface area (Å²) in [7, 11) is 0. The van der Waals surface area contributed by atoms with Crippen LogP contribution in [0.3, 0.4) is 0 Å². The van der Waals surface area contributed by atoms with E-state index < -0.39 is 0 Å². The lowest BCUT2D eigenvalue weighted by Gasteiger charge is -2.10. The van der Waals surface area contributed by atoms with E-state index in [9.17, 15) is 0 Å². The van der Waals surface area contributed by atoms with Gasteiger partial charge in [-0.15, -0.1) is 0 Å². The van der Waals surface area contributed by atoms with E-state index in [1.165, 1.54) is 5.56 Å². The summed E-state index contributed by atoms with van der Waals surface area (Å²) in [6, 6.07) is 11.9. The van der Waals surface area contributed by atoms with Crippen molar-refractivity contribution in [3.8, 4) is 11.5 Å². The van der Waals surface area contributed by atoms with Gasteiger partial charge in [0.25, 0.3) is 0 Å². The predicted molar refractivity (Wildman–Crippen MR) is 71.6 cm³/mol. The maximum absolute atomic E-state index is 5.91. The topological polar surface area (TPSA) is 35.2 Å². The summed E-state index contributed by atoms with van der Waals surface area (Å²) in [6.07, 6.45) is 0. The standard InChI is InChI=1S/C15H17NO/c1-10-5-4-6-13(7-10)17-14-8-11(2)15(16)12(3)9-14/h4-9H,16H2,1-3H3. The molecule has 0 heterocycles. The summed E-state index contributed by atoms with van der Waals surface area (Å²) >= 11 is 0. The summed E-state index contributed by atoms with van der Waals surface area (Å²) in [5.41, 5.74) is 10.0. The summed E-state index contributed by atoms with van der Waals surface area (Å²) in [6.45, 7) is 6.03. The normalized spacial score (nSPS) is 10.3. The molecular formula is C15H17NO. The summed E-state index contributed by atoms with van der Waals surface area (Å²) in [4.78, 5) is 0. The molecule has 2 heteroatoms. The SMILES string of the molecule is Cc1cccc(Oc2cc(C)c(N)c(C)c2)c1. The number of benzene rings is 2. The lowest BCUT2D eigenvalue weighted by molar-refractivity contribution is 0.481. The number of nitrogens with two attached hydrogens (primary N) is 1. The average Bonchev–Trinajstić information content (AvgIpc) is 2.26. The van der Waals surface area contributed by atoms with Gasteiger partial charge in [0.1, 0.15) is 11.5 Å². The first kappa shape index (κ1) is 11.5. The molecule has 0 amide bonds. The van der Waals surface area contributed by atoms with Gasteiger partial charge >= 0.3 is 0 Å². The van der Waals surface area contributed by atoms with E-state index >= 15 is 0 Å². The van der Waals surface area contributed by atoms with Gasteiger partial charge in [-0.05, 0) is 61.7 Å². The summed E-state index contributed by atoms with van der Waals surface area (Å²) in [5, 5.41) is 0. The van der Waals surface area contributed by atoms with Crippen LogP contribution >= 0.6 is 0 Å². The molecule has 2 aromatic carbocycles. The van der Waals surface area contributed by atoms with Crippen molar-refractivity contribution < 1.29 is 4.74 Å². The van der Waals surface area contributed by atoms with Gasteiger partial charge in [0, 0.05) is 5.69 Å². The van der Waals surface area contributed by atoms with E-state index in [-0.39, 0.29) is 0 Å². The third-order valence-corrected chi connectivity index (χ3v) is 2.79. The predicted octanol–water partition coefficient (Wildman–Crippen LogP) is 3.99. The zero-order valence-electron chi connectivity index (χ0n) is 10.4. The van der Waals surface area contributed by atoms with Crippen LogP contribution in [-0.2, 0) is 0 Å². The minimum absolute atomic E-state index is 0.833. The highest BCUT2D eigenvalue weighted by atomic mass is 16.5. The molecule has 0 bridgehead atoms. The van der Waals surface area contributed by atoms with Crippen LogP contribution in [-0.4, -0.2) is 0 Å². The van der Waals surface area contributed by atoms with Crippen LogP contribution in [0.2, 0.25) is 0 Å².